The predicted molar refractivity (Wildman–Crippen MR) is 153 cm³/mol. The van der Waals surface area contributed by atoms with E-state index in [4.69, 9.17) is 14.6 Å². The first-order valence-electron chi connectivity index (χ1n) is 13.4. The monoisotopic (exact) mass is 636 g/mol. The number of aliphatic hydroxyl groups excluding tert-OH is 1. The number of pyridine rings is 1. The SMILES string of the molecule is NS(=O)(=O)c1cccc(OCC(O)CN(C(=O)O)C2COC3(CCN(S(=O)(=O)c4cnc5ccccc5c4O)CC3)C2)c1. The molecular weight excluding hydrogens is 604 g/mol. The number of hydrogen-bond donors (Lipinski definition) is 4. The van der Waals surface area contributed by atoms with Crippen molar-refractivity contribution < 1.29 is 46.4 Å². The number of benzene rings is 2. The van der Waals surface area contributed by atoms with Crippen molar-refractivity contribution in [3.63, 3.8) is 0 Å². The molecular formula is C27H32N4O10S2. The lowest BCUT2D eigenvalue weighted by molar-refractivity contribution is -0.0319. The van der Waals surface area contributed by atoms with Crippen LogP contribution in [0.4, 0.5) is 4.79 Å². The number of aliphatic hydroxyl groups is 1. The first-order chi connectivity index (χ1) is 20.3. The number of ether oxygens (including phenoxy) is 2. The summed E-state index contributed by atoms with van der Waals surface area (Å²) in [6.45, 7) is -0.327. The van der Waals surface area contributed by atoms with Gasteiger partial charge in [0.2, 0.25) is 20.0 Å². The Morgan fingerprint density at radius 1 is 1.16 bits per heavy atom. The van der Waals surface area contributed by atoms with Crippen LogP contribution in [0.1, 0.15) is 19.3 Å². The summed E-state index contributed by atoms with van der Waals surface area (Å²) in [4.78, 5) is 16.9. The van der Waals surface area contributed by atoms with Crippen molar-refractivity contribution in [3.8, 4) is 11.5 Å². The summed E-state index contributed by atoms with van der Waals surface area (Å²) >= 11 is 0. The van der Waals surface area contributed by atoms with Gasteiger partial charge in [-0.25, -0.2) is 26.8 Å². The number of aromatic nitrogens is 1. The van der Waals surface area contributed by atoms with E-state index in [9.17, 15) is 36.9 Å². The minimum atomic E-state index is -4.06. The molecule has 43 heavy (non-hydrogen) atoms. The van der Waals surface area contributed by atoms with E-state index < -0.39 is 43.9 Å². The fourth-order valence-corrected chi connectivity index (χ4v) is 7.57. The van der Waals surface area contributed by atoms with Crippen molar-refractivity contribution in [2.24, 2.45) is 5.14 Å². The molecule has 2 fully saturated rings. The summed E-state index contributed by atoms with van der Waals surface area (Å²) < 4.78 is 62.7. The zero-order valence-corrected chi connectivity index (χ0v) is 24.6. The maximum Gasteiger partial charge on any atom is 0.407 e. The molecule has 2 atom stereocenters. The molecule has 2 aliphatic rings. The van der Waals surface area contributed by atoms with Crippen LogP contribution >= 0.6 is 0 Å². The summed E-state index contributed by atoms with van der Waals surface area (Å²) in [5.41, 5.74) is -0.276. The quantitative estimate of drug-likeness (QED) is 0.263. The van der Waals surface area contributed by atoms with Crippen LogP contribution in [0, 0.1) is 0 Å². The van der Waals surface area contributed by atoms with E-state index in [0.717, 1.165) is 11.1 Å². The smallest absolute Gasteiger partial charge is 0.407 e. The van der Waals surface area contributed by atoms with Gasteiger partial charge in [-0.1, -0.05) is 18.2 Å². The zero-order valence-electron chi connectivity index (χ0n) is 22.9. The highest BCUT2D eigenvalue weighted by molar-refractivity contribution is 7.89. The van der Waals surface area contributed by atoms with Gasteiger partial charge in [0, 0.05) is 24.5 Å². The number of nitrogens with zero attached hydrogens (tertiary/aromatic N) is 3. The molecule has 1 spiro atoms. The Hall–Kier alpha value is -3.54. The summed E-state index contributed by atoms with van der Waals surface area (Å²) in [5.74, 6) is -0.218. The lowest BCUT2D eigenvalue weighted by Crippen LogP contribution is -2.48. The minimum absolute atomic E-state index is 0.0679. The molecule has 5 N–H and O–H groups in total. The maximum atomic E-state index is 13.4. The van der Waals surface area contributed by atoms with Crippen molar-refractivity contribution in [2.45, 2.75) is 46.8 Å². The molecule has 3 aromatic rings. The first kappa shape index (κ1) is 30.9. The van der Waals surface area contributed by atoms with Crippen molar-refractivity contribution in [1.82, 2.24) is 14.2 Å². The standard InChI is InChI=1S/C27H32N4O10S2/c28-42(36,37)21-5-3-4-20(12-21)40-17-19(32)15-31(26(34)35)18-13-27(41-16-18)8-10-30(11-9-27)43(38,39)24-14-29-23-7-2-1-6-22(23)25(24)33/h1-7,12,14,18-19,32H,8-11,13,15-17H2,(H,29,33)(H,34,35)(H2,28,36,37). The normalized spacial score (nSPS) is 19.8. The van der Waals surface area contributed by atoms with E-state index in [-0.39, 0.29) is 54.1 Å². The number of fused-ring (bicyclic) bond motifs is 1. The minimum Gasteiger partial charge on any atom is -0.506 e. The third kappa shape index (κ3) is 6.53. The summed E-state index contributed by atoms with van der Waals surface area (Å²) in [6.07, 6.45) is -0.425. The van der Waals surface area contributed by atoms with E-state index in [1.165, 1.54) is 28.6 Å². The molecule has 16 heteroatoms. The van der Waals surface area contributed by atoms with Crippen molar-refractivity contribution in [1.29, 1.82) is 0 Å². The topological polar surface area (TPSA) is 210 Å². The van der Waals surface area contributed by atoms with Gasteiger partial charge in [0.05, 0.1) is 41.4 Å². The number of rotatable bonds is 9. The third-order valence-corrected chi connectivity index (χ3v) is 10.6. The number of primary sulfonamides is 1. The largest absolute Gasteiger partial charge is 0.506 e. The number of nitrogens with two attached hydrogens (primary N) is 1. The Morgan fingerprint density at radius 3 is 2.58 bits per heavy atom. The molecule has 2 aromatic carbocycles. The van der Waals surface area contributed by atoms with E-state index in [2.05, 4.69) is 4.98 Å². The van der Waals surface area contributed by atoms with Gasteiger partial charge in [-0.15, -0.1) is 0 Å². The lowest BCUT2D eigenvalue weighted by atomic mass is 9.88. The molecule has 0 bridgehead atoms. The van der Waals surface area contributed by atoms with Crippen molar-refractivity contribution in [2.75, 3.05) is 32.8 Å². The second kappa shape index (κ2) is 11.9. The molecule has 2 aliphatic heterocycles. The molecule has 1 amide bonds. The van der Waals surface area contributed by atoms with Crippen LogP contribution in [0.2, 0.25) is 0 Å². The summed E-state index contributed by atoms with van der Waals surface area (Å²) in [7, 11) is -8.00. The third-order valence-electron chi connectivity index (χ3n) is 7.82. The molecule has 0 saturated carbocycles. The summed E-state index contributed by atoms with van der Waals surface area (Å²) in [6, 6.07) is 11.5. The number of hydrogen-bond acceptors (Lipinski definition) is 10. The van der Waals surface area contributed by atoms with Gasteiger partial charge < -0.3 is 29.7 Å². The fraction of sp³-hybridized carbons (Fsp3) is 0.407. The molecule has 2 unspecified atom stereocenters. The molecule has 1 aromatic heterocycles. The average molecular weight is 637 g/mol. The first-order valence-corrected chi connectivity index (χ1v) is 16.4. The molecule has 232 valence electrons. The molecule has 5 rings (SSSR count). The van der Waals surface area contributed by atoms with Crippen LogP contribution in [-0.2, 0) is 24.8 Å². The number of carbonyl (C=O) groups is 1. The van der Waals surface area contributed by atoms with Crippen LogP contribution < -0.4 is 9.88 Å². The predicted octanol–water partition coefficient (Wildman–Crippen LogP) is 1.32. The van der Waals surface area contributed by atoms with Gasteiger partial charge in [0.25, 0.3) is 0 Å². The van der Waals surface area contributed by atoms with Crippen molar-refractivity contribution in [3.05, 3.63) is 54.7 Å². The Kier molecular flexibility index (Phi) is 8.52. The highest BCUT2D eigenvalue weighted by Gasteiger charge is 2.47. The number of amides is 1. The number of para-hydroxylation sites is 1. The van der Waals surface area contributed by atoms with Crippen LogP contribution in [0.3, 0.4) is 0 Å². The van der Waals surface area contributed by atoms with E-state index in [0.29, 0.717) is 30.2 Å². The molecule has 0 radical (unpaired) electrons. The molecule has 2 saturated heterocycles. The van der Waals surface area contributed by atoms with Crippen LogP contribution in [0.5, 0.6) is 11.5 Å². The number of sulfonamides is 2. The Morgan fingerprint density at radius 2 is 1.88 bits per heavy atom. The molecule has 14 nitrogen and oxygen atoms in total. The molecule has 3 heterocycles. The number of aromatic hydroxyl groups is 1. The zero-order chi connectivity index (χ0) is 31.0. The highest BCUT2D eigenvalue weighted by atomic mass is 32.2. The number of carboxylic acid groups (broad SMARTS) is 1. The average Bonchev–Trinajstić information content (AvgIpc) is 3.37. The van der Waals surface area contributed by atoms with Gasteiger partial charge in [0.1, 0.15) is 29.1 Å². The fourth-order valence-electron chi connectivity index (χ4n) is 5.54. The van der Waals surface area contributed by atoms with E-state index in [1.54, 1.807) is 24.3 Å². The Balaban J connectivity index is 1.19. The van der Waals surface area contributed by atoms with E-state index in [1.807, 2.05) is 0 Å². The lowest BCUT2D eigenvalue weighted by Gasteiger charge is -2.38. The van der Waals surface area contributed by atoms with Gasteiger partial charge in [0.15, 0.2) is 0 Å². The van der Waals surface area contributed by atoms with Crippen LogP contribution in [-0.4, -0.2) is 103 Å². The molecule has 0 aliphatic carbocycles. The van der Waals surface area contributed by atoms with Gasteiger partial charge in [-0.2, -0.15) is 4.31 Å². The second-order valence-electron chi connectivity index (χ2n) is 10.7. The van der Waals surface area contributed by atoms with Crippen LogP contribution in [0.25, 0.3) is 10.9 Å². The Labute approximate surface area is 248 Å². The van der Waals surface area contributed by atoms with Gasteiger partial charge >= 0.3 is 6.09 Å². The van der Waals surface area contributed by atoms with Gasteiger partial charge in [-0.05, 0) is 43.5 Å². The maximum absolute atomic E-state index is 13.4. The second-order valence-corrected chi connectivity index (χ2v) is 14.1. The number of piperidine rings is 1. The summed E-state index contributed by atoms with van der Waals surface area (Å²) in [5, 5.41) is 36.6. The van der Waals surface area contributed by atoms with Gasteiger partial charge in [-0.3, -0.25) is 4.98 Å². The van der Waals surface area contributed by atoms with E-state index >= 15 is 0 Å². The van der Waals surface area contributed by atoms with Crippen molar-refractivity contribution >= 4 is 37.0 Å². The van der Waals surface area contributed by atoms with Crippen LogP contribution in [0.15, 0.2) is 64.5 Å². The Bertz CT molecular complexity index is 1730. The highest BCUT2D eigenvalue weighted by Crippen LogP contribution is 2.40.